The standard InChI is InChI=1S/C45H79NO8/c1-6-8-10-12-14-16-17-18-19-20-21-22-23-24-25-26-27-28-30-32-34-36-43(48)54-41(40-53-45(44(49)50)51-38-37-46(3,4)5)39-52-42(47)35-33-31-29-15-13-11-9-7-2/h8,10,14,16,18-19,21-22,41,45H,6-7,9,11-13,15,17,20,23-40H2,1-5H3/p+1/b10-8-,16-14-,19-18-,22-21-. The van der Waals surface area contributed by atoms with Crippen molar-refractivity contribution in [2.75, 3.05) is 47.5 Å². The van der Waals surface area contributed by atoms with Crippen molar-refractivity contribution < 1.29 is 42.9 Å². The lowest BCUT2D eigenvalue weighted by molar-refractivity contribution is -0.870. The molecule has 9 nitrogen and oxygen atoms in total. The van der Waals surface area contributed by atoms with Crippen molar-refractivity contribution in [2.24, 2.45) is 0 Å². The molecule has 0 radical (unpaired) electrons. The second-order valence-corrected chi connectivity index (χ2v) is 15.3. The fourth-order valence-corrected chi connectivity index (χ4v) is 5.53. The van der Waals surface area contributed by atoms with E-state index in [1.807, 2.05) is 21.1 Å². The quantitative estimate of drug-likeness (QED) is 0.0218. The summed E-state index contributed by atoms with van der Waals surface area (Å²) in [5.74, 6) is -2.03. The number of hydrogen-bond donors (Lipinski definition) is 1. The molecule has 0 aliphatic rings. The van der Waals surface area contributed by atoms with Crippen LogP contribution in [0.1, 0.15) is 162 Å². The minimum Gasteiger partial charge on any atom is -0.477 e. The number of hydrogen-bond acceptors (Lipinski definition) is 7. The maximum absolute atomic E-state index is 12.7. The van der Waals surface area contributed by atoms with E-state index in [2.05, 4.69) is 62.5 Å². The normalized spacial score (nSPS) is 13.4. The highest BCUT2D eigenvalue weighted by atomic mass is 16.7. The number of unbranched alkanes of at least 4 members (excludes halogenated alkanes) is 15. The Morgan fingerprint density at radius 1 is 0.574 bits per heavy atom. The maximum atomic E-state index is 12.7. The molecule has 0 amide bonds. The number of carbonyl (C=O) groups is 3. The van der Waals surface area contributed by atoms with Crippen molar-refractivity contribution >= 4 is 17.9 Å². The molecule has 0 rings (SSSR count). The molecule has 9 heteroatoms. The second kappa shape index (κ2) is 37.2. The van der Waals surface area contributed by atoms with Crippen LogP contribution in [0.15, 0.2) is 48.6 Å². The van der Waals surface area contributed by atoms with Gasteiger partial charge in [0.25, 0.3) is 6.29 Å². The van der Waals surface area contributed by atoms with Gasteiger partial charge in [-0.1, -0.05) is 146 Å². The average Bonchev–Trinajstić information content (AvgIpc) is 3.12. The van der Waals surface area contributed by atoms with Gasteiger partial charge in [-0.3, -0.25) is 9.59 Å². The third kappa shape index (κ3) is 37.6. The number of carboxylic acid groups (broad SMARTS) is 1. The summed E-state index contributed by atoms with van der Waals surface area (Å²) in [5, 5.41) is 9.60. The molecule has 0 aromatic rings. The Kier molecular flexibility index (Phi) is 35.3. The van der Waals surface area contributed by atoms with E-state index in [1.54, 1.807) is 0 Å². The summed E-state index contributed by atoms with van der Waals surface area (Å²) in [7, 11) is 5.94. The van der Waals surface area contributed by atoms with Crippen LogP contribution in [0.5, 0.6) is 0 Å². The lowest BCUT2D eigenvalue weighted by Gasteiger charge is -2.25. The zero-order valence-corrected chi connectivity index (χ0v) is 35.1. The summed E-state index contributed by atoms with van der Waals surface area (Å²) in [6.45, 7) is 4.70. The van der Waals surface area contributed by atoms with Crippen molar-refractivity contribution in [1.29, 1.82) is 0 Å². The van der Waals surface area contributed by atoms with E-state index < -0.39 is 24.3 Å². The summed E-state index contributed by atoms with van der Waals surface area (Å²) in [6.07, 6.45) is 38.9. The van der Waals surface area contributed by atoms with Crippen molar-refractivity contribution in [3.63, 3.8) is 0 Å². The van der Waals surface area contributed by atoms with E-state index >= 15 is 0 Å². The highest BCUT2D eigenvalue weighted by Gasteiger charge is 2.25. The van der Waals surface area contributed by atoms with Crippen LogP contribution in [-0.2, 0) is 33.3 Å². The largest absolute Gasteiger partial charge is 0.477 e. The molecular formula is C45H80NO8+. The van der Waals surface area contributed by atoms with Crippen LogP contribution >= 0.6 is 0 Å². The summed E-state index contributed by atoms with van der Waals surface area (Å²) in [6, 6.07) is 0. The first kappa shape index (κ1) is 51.2. The summed E-state index contributed by atoms with van der Waals surface area (Å²) in [4.78, 5) is 36.9. The Bertz CT molecular complexity index is 1030. The molecule has 312 valence electrons. The van der Waals surface area contributed by atoms with Crippen LogP contribution in [0.25, 0.3) is 0 Å². The monoisotopic (exact) mass is 763 g/mol. The third-order valence-corrected chi connectivity index (χ3v) is 8.85. The molecule has 0 saturated heterocycles. The molecule has 0 fully saturated rings. The molecule has 0 aromatic carbocycles. The molecule has 0 heterocycles. The minimum atomic E-state index is -1.51. The summed E-state index contributed by atoms with van der Waals surface area (Å²) in [5.41, 5.74) is 0. The predicted octanol–water partition coefficient (Wildman–Crippen LogP) is 10.8. The van der Waals surface area contributed by atoms with Gasteiger partial charge in [-0.15, -0.1) is 0 Å². The van der Waals surface area contributed by atoms with E-state index in [4.69, 9.17) is 18.9 Å². The summed E-state index contributed by atoms with van der Waals surface area (Å²) < 4.78 is 22.6. The number of carbonyl (C=O) groups excluding carboxylic acids is 2. The Morgan fingerprint density at radius 2 is 1.06 bits per heavy atom. The van der Waals surface area contributed by atoms with Gasteiger partial charge in [0.05, 0.1) is 34.4 Å². The first-order chi connectivity index (χ1) is 26.1. The van der Waals surface area contributed by atoms with Gasteiger partial charge in [0.2, 0.25) is 0 Å². The van der Waals surface area contributed by atoms with E-state index in [0.29, 0.717) is 23.9 Å². The Morgan fingerprint density at radius 3 is 1.57 bits per heavy atom. The second-order valence-electron chi connectivity index (χ2n) is 15.3. The number of allylic oxidation sites excluding steroid dienone is 8. The van der Waals surface area contributed by atoms with Crippen LogP contribution in [0.4, 0.5) is 0 Å². The van der Waals surface area contributed by atoms with Gasteiger partial charge < -0.3 is 28.5 Å². The zero-order valence-electron chi connectivity index (χ0n) is 35.1. The van der Waals surface area contributed by atoms with Gasteiger partial charge >= 0.3 is 17.9 Å². The van der Waals surface area contributed by atoms with Crippen LogP contribution in [0.3, 0.4) is 0 Å². The lowest BCUT2D eigenvalue weighted by Crippen LogP contribution is -2.40. The molecule has 2 unspecified atom stereocenters. The van der Waals surface area contributed by atoms with Gasteiger partial charge in [-0.25, -0.2) is 4.79 Å². The number of esters is 2. The Balaban J connectivity index is 4.38. The van der Waals surface area contributed by atoms with E-state index in [1.165, 1.54) is 57.8 Å². The molecule has 1 N–H and O–H groups in total. The molecule has 0 aliphatic carbocycles. The SMILES string of the molecule is CC/C=C\C/C=C\C/C=C\C/C=C\CCCCCCCCCCC(=O)OC(COC(=O)CCCCCCCCCC)COC(OCC[N+](C)(C)C)C(=O)O. The first-order valence-corrected chi connectivity index (χ1v) is 21.3. The van der Waals surface area contributed by atoms with E-state index in [9.17, 15) is 19.5 Å². The molecule has 0 bridgehead atoms. The minimum absolute atomic E-state index is 0.185. The highest BCUT2D eigenvalue weighted by Crippen LogP contribution is 2.13. The van der Waals surface area contributed by atoms with Crippen molar-refractivity contribution in [3.05, 3.63) is 48.6 Å². The molecule has 54 heavy (non-hydrogen) atoms. The number of ether oxygens (including phenoxy) is 4. The topological polar surface area (TPSA) is 108 Å². The van der Waals surface area contributed by atoms with Gasteiger partial charge in [-0.05, 0) is 51.4 Å². The number of likely N-dealkylation sites (N-methyl/N-ethyl adjacent to an activating group) is 1. The Labute approximate surface area is 330 Å². The third-order valence-electron chi connectivity index (χ3n) is 8.85. The number of quaternary nitrogens is 1. The summed E-state index contributed by atoms with van der Waals surface area (Å²) >= 11 is 0. The Hall–Kier alpha value is -2.75. The predicted molar refractivity (Wildman–Crippen MR) is 221 cm³/mol. The molecule has 2 atom stereocenters. The fraction of sp³-hybridized carbons (Fsp3) is 0.756. The number of carboxylic acids is 1. The molecule has 0 aliphatic heterocycles. The first-order valence-electron chi connectivity index (χ1n) is 21.3. The molecule has 0 saturated carbocycles. The van der Waals surface area contributed by atoms with Crippen LogP contribution in [0, 0.1) is 0 Å². The molecule has 0 spiro atoms. The highest BCUT2D eigenvalue weighted by molar-refractivity contribution is 5.71. The molecular weight excluding hydrogens is 682 g/mol. The fourth-order valence-electron chi connectivity index (χ4n) is 5.53. The van der Waals surface area contributed by atoms with Crippen LogP contribution in [-0.4, -0.2) is 87.4 Å². The van der Waals surface area contributed by atoms with Crippen molar-refractivity contribution in [2.45, 2.75) is 174 Å². The van der Waals surface area contributed by atoms with E-state index in [0.717, 1.165) is 70.6 Å². The molecule has 0 aromatic heterocycles. The number of rotatable bonds is 38. The average molecular weight is 763 g/mol. The zero-order chi connectivity index (χ0) is 40.0. The number of aliphatic carboxylic acids is 1. The van der Waals surface area contributed by atoms with Gasteiger partial charge in [0.1, 0.15) is 13.2 Å². The van der Waals surface area contributed by atoms with Crippen LogP contribution < -0.4 is 0 Å². The van der Waals surface area contributed by atoms with Crippen molar-refractivity contribution in [3.8, 4) is 0 Å². The lowest BCUT2D eigenvalue weighted by atomic mass is 10.1. The van der Waals surface area contributed by atoms with E-state index in [-0.39, 0.29) is 32.2 Å². The number of nitrogens with zero attached hydrogens (tertiary/aromatic N) is 1. The maximum Gasteiger partial charge on any atom is 0.361 e. The van der Waals surface area contributed by atoms with Gasteiger partial charge in [0.15, 0.2) is 6.10 Å². The van der Waals surface area contributed by atoms with Gasteiger partial charge in [0, 0.05) is 12.8 Å². The van der Waals surface area contributed by atoms with Gasteiger partial charge in [-0.2, -0.15) is 0 Å². The van der Waals surface area contributed by atoms with Crippen molar-refractivity contribution in [1.82, 2.24) is 0 Å². The van der Waals surface area contributed by atoms with Crippen LogP contribution in [0.2, 0.25) is 0 Å². The smallest absolute Gasteiger partial charge is 0.361 e.